The molecule has 0 fully saturated rings. The van der Waals surface area contributed by atoms with Gasteiger partial charge in [0.25, 0.3) is 5.91 Å². The maximum atomic E-state index is 13.9. The third-order valence-corrected chi connectivity index (χ3v) is 5.11. The Balaban J connectivity index is 2.09. The van der Waals surface area contributed by atoms with Crippen LogP contribution in [0.3, 0.4) is 0 Å². The molecule has 0 unspecified atom stereocenters. The van der Waals surface area contributed by atoms with E-state index in [1.54, 1.807) is 0 Å². The number of rotatable bonds is 2. The third kappa shape index (κ3) is 3.95. The number of carbonyl (C=O) groups is 1. The second kappa shape index (κ2) is 7.27. The lowest BCUT2D eigenvalue weighted by molar-refractivity contribution is 0.102. The molecule has 2 aromatic carbocycles. The highest BCUT2D eigenvalue weighted by molar-refractivity contribution is 6.06. The minimum atomic E-state index is -0.629. The summed E-state index contributed by atoms with van der Waals surface area (Å²) in [5.74, 6) is -1.12. The van der Waals surface area contributed by atoms with Crippen molar-refractivity contribution in [2.24, 2.45) is 0 Å². The van der Waals surface area contributed by atoms with Gasteiger partial charge in [-0.05, 0) is 40.2 Å². The maximum absolute atomic E-state index is 13.9. The van der Waals surface area contributed by atoms with E-state index >= 15 is 0 Å². The Morgan fingerprint density at radius 3 is 2.27 bits per heavy atom. The van der Waals surface area contributed by atoms with Crippen LogP contribution in [0.2, 0.25) is 0 Å². The molecule has 3 N–H and O–H groups in total. The average molecular weight is 410 g/mol. The zero-order valence-electron chi connectivity index (χ0n) is 18.1. The molecule has 0 bridgehead atoms. The van der Waals surface area contributed by atoms with Crippen LogP contribution in [0.5, 0.6) is 5.75 Å². The molecule has 0 spiro atoms. The number of aromatic nitrogens is 1. The van der Waals surface area contributed by atoms with Crippen LogP contribution < -0.4 is 10.7 Å². The largest absolute Gasteiger partial charge is 0.508 e. The van der Waals surface area contributed by atoms with Crippen LogP contribution in [0.1, 0.15) is 63.0 Å². The Kier molecular flexibility index (Phi) is 5.23. The number of amides is 1. The van der Waals surface area contributed by atoms with Crippen LogP contribution in [-0.2, 0) is 10.8 Å². The van der Waals surface area contributed by atoms with Crippen molar-refractivity contribution in [3.8, 4) is 5.75 Å². The molecule has 6 heteroatoms. The van der Waals surface area contributed by atoms with Gasteiger partial charge in [0.15, 0.2) is 0 Å². The van der Waals surface area contributed by atoms with E-state index in [1.165, 1.54) is 30.5 Å². The molecule has 5 nitrogen and oxygen atoms in total. The number of halogens is 1. The number of benzene rings is 2. The molecule has 30 heavy (non-hydrogen) atoms. The van der Waals surface area contributed by atoms with Crippen LogP contribution >= 0.6 is 0 Å². The molecule has 0 saturated carbocycles. The molecule has 0 radical (unpaired) electrons. The van der Waals surface area contributed by atoms with Crippen molar-refractivity contribution in [2.45, 2.75) is 52.4 Å². The van der Waals surface area contributed by atoms with Crippen molar-refractivity contribution in [2.75, 3.05) is 5.32 Å². The molecular weight excluding hydrogens is 383 g/mol. The Hall–Kier alpha value is -3.15. The summed E-state index contributed by atoms with van der Waals surface area (Å²) < 4.78 is 13.9. The predicted octanol–water partition coefficient (Wildman–Crippen LogP) is 5.22. The van der Waals surface area contributed by atoms with Crippen molar-refractivity contribution in [1.82, 2.24) is 4.98 Å². The first kappa shape index (κ1) is 21.6. The highest BCUT2D eigenvalue weighted by atomic mass is 19.1. The number of aromatic hydroxyl groups is 1. The highest BCUT2D eigenvalue weighted by Gasteiger charge is 2.26. The molecule has 0 aliphatic carbocycles. The monoisotopic (exact) mass is 410 g/mol. The highest BCUT2D eigenvalue weighted by Crippen LogP contribution is 2.39. The SMILES string of the molecule is CC(C)(C)c1cc(C(C)(C)C)c(NC(=O)c2c[nH]c3c(F)cccc3c2=O)cc1O. The summed E-state index contributed by atoms with van der Waals surface area (Å²) in [5.41, 5.74) is 0.784. The average Bonchev–Trinajstić information content (AvgIpc) is 2.60. The van der Waals surface area contributed by atoms with Crippen LogP contribution in [0, 0.1) is 5.82 Å². The lowest BCUT2D eigenvalue weighted by Crippen LogP contribution is -2.25. The molecule has 0 atom stereocenters. The first-order chi connectivity index (χ1) is 13.8. The zero-order valence-corrected chi connectivity index (χ0v) is 18.1. The van der Waals surface area contributed by atoms with E-state index in [4.69, 9.17) is 0 Å². The molecular formula is C24H27FN2O3. The van der Waals surface area contributed by atoms with Gasteiger partial charge in [-0.25, -0.2) is 4.39 Å². The van der Waals surface area contributed by atoms with Crippen LogP contribution in [-0.4, -0.2) is 16.0 Å². The fraction of sp³-hybridized carbons (Fsp3) is 0.333. The molecule has 158 valence electrons. The van der Waals surface area contributed by atoms with E-state index in [2.05, 4.69) is 10.3 Å². The first-order valence-electron chi connectivity index (χ1n) is 9.80. The zero-order chi connectivity index (χ0) is 22.4. The van der Waals surface area contributed by atoms with Crippen molar-refractivity contribution in [1.29, 1.82) is 0 Å². The Bertz CT molecular complexity index is 1200. The number of pyridine rings is 1. The van der Waals surface area contributed by atoms with E-state index in [9.17, 15) is 19.1 Å². The van der Waals surface area contributed by atoms with E-state index in [-0.39, 0.29) is 33.0 Å². The normalized spacial score (nSPS) is 12.2. The summed E-state index contributed by atoms with van der Waals surface area (Å²) in [5, 5.41) is 13.4. The predicted molar refractivity (Wildman–Crippen MR) is 118 cm³/mol. The molecule has 0 aliphatic rings. The fourth-order valence-electron chi connectivity index (χ4n) is 3.49. The van der Waals surface area contributed by atoms with Crippen LogP contribution in [0.25, 0.3) is 10.9 Å². The first-order valence-corrected chi connectivity index (χ1v) is 9.80. The number of nitrogens with one attached hydrogen (secondary N) is 2. The Morgan fingerprint density at radius 2 is 1.67 bits per heavy atom. The maximum Gasteiger partial charge on any atom is 0.261 e. The van der Waals surface area contributed by atoms with Gasteiger partial charge < -0.3 is 15.4 Å². The van der Waals surface area contributed by atoms with Gasteiger partial charge in [0.05, 0.1) is 5.52 Å². The lowest BCUT2D eigenvalue weighted by atomic mass is 9.79. The van der Waals surface area contributed by atoms with Gasteiger partial charge in [0, 0.05) is 23.3 Å². The number of para-hydroxylation sites is 1. The van der Waals surface area contributed by atoms with Crippen molar-refractivity contribution < 1.29 is 14.3 Å². The molecule has 0 saturated heterocycles. The number of fused-ring (bicyclic) bond motifs is 1. The standard InChI is InChI=1S/C24H27FN2O3/c1-23(2,3)15-10-16(24(4,5)6)19(28)11-18(15)27-22(30)14-12-26-20-13(21(14)29)8-7-9-17(20)25/h7-12,28H,1-6H3,(H,26,29)(H,27,30). The molecule has 1 heterocycles. The van der Waals surface area contributed by atoms with Crippen LogP contribution in [0.15, 0.2) is 41.3 Å². The molecule has 1 aromatic heterocycles. The third-order valence-electron chi connectivity index (χ3n) is 5.11. The van der Waals surface area contributed by atoms with Gasteiger partial charge in [-0.2, -0.15) is 0 Å². The fourth-order valence-corrected chi connectivity index (χ4v) is 3.49. The number of phenols is 1. The van der Waals surface area contributed by atoms with Crippen molar-refractivity contribution in [3.05, 3.63) is 69.3 Å². The number of carbonyl (C=O) groups excluding carboxylic acids is 1. The van der Waals surface area contributed by atoms with Gasteiger partial charge in [-0.15, -0.1) is 0 Å². The summed E-state index contributed by atoms with van der Waals surface area (Å²) >= 11 is 0. The number of hydrogen-bond donors (Lipinski definition) is 3. The summed E-state index contributed by atoms with van der Waals surface area (Å²) in [6, 6.07) is 7.56. The van der Waals surface area contributed by atoms with E-state index in [1.807, 2.05) is 47.6 Å². The van der Waals surface area contributed by atoms with E-state index < -0.39 is 17.2 Å². The number of aromatic amines is 1. The van der Waals surface area contributed by atoms with Gasteiger partial charge in [0.1, 0.15) is 17.1 Å². The van der Waals surface area contributed by atoms with Crippen molar-refractivity contribution in [3.63, 3.8) is 0 Å². The summed E-state index contributed by atoms with van der Waals surface area (Å²) in [7, 11) is 0. The Morgan fingerprint density at radius 1 is 1.03 bits per heavy atom. The van der Waals surface area contributed by atoms with Gasteiger partial charge in [-0.1, -0.05) is 47.6 Å². The summed E-state index contributed by atoms with van der Waals surface area (Å²) in [6.07, 6.45) is 1.21. The minimum Gasteiger partial charge on any atom is -0.508 e. The molecule has 3 rings (SSSR count). The van der Waals surface area contributed by atoms with Gasteiger partial charge in [0.2, 0.25) is 5.43 Å². The van der Waals surface area contributed by atoms with Gasteiger partial charge in [-0.3, -0.25) is 9.59 Å². The smallest absolute Gasteiger partial charge is 0.261 e. The Labute approximate surface area is 175 Å². The number of hydrogen-bond acceptors (Lipinski definition) is 3. The summed E-state index contributed by atoms with van der Waals surface area (Å²) in [6.45, 7) is 12.0. The second-order valence-corrected chi connectivity index (χ2v) is 9.56. The second-order valence-electron chi connectivity index (χ2n) is 9.56. The lowest BCUT2D eigenvalue weighted by Gasteiger charge is -2.28. The quantitative estimate of drug-likeness (QED) is 0.542. The van der Waals surface area contributed by atoms with Crippen molar-refractivity contribution >= 4 is 22.5 Å². The van der Waals surface area contributed by atoms with E-state index in [0.29, 0.717) is 5.69 Å². The number of H-pyrrole nitrogens is 1. The van der Waals surface area contributed by atoms with Crippen LogP contribution in [0.4, 0.5) is 10.1 Å². The number of anilines is 1. The molecule has 0 aliphatic heterocycles. The summed E-state index contributed by atoms with van der Waals surface area (Å²) in [4.78, 5) is 28.4. The molecule has 1 amide bonds. The van der Waals surface area contributed by atoms with Gasteiger partial charge >= 0.3 is 0 Å². The number of phenolic OH excluding ortho intramolecular Hbond substituents is 1. The van der Waals surface area contributed by atoms with E-state index in [0.717, 1.165) is 11.1 Å². The topological polar surface area (TPSA) is 82.2 Å². The minimum absolute atomic E-state index is 0.0570. The molecule has 3 aromatic rings.